The Morgan fingerprint density at radius 2 is 0.722 bits per heavy atom. The van der Waals surface area contributed by atoms with Crippen LogP contribution in [0.4, 0.5) is 0 Å². The summed E-state index contributed by atoms with van der Waals surface area (Å²) in [6, 6.07) is -0.948. The molecular weight excluding hydrogens is 1220 g/mol. The van der Waals surface area contributed by atoms with Gasteiger partial charge in [0, 0.05) is 6.42 Å². The van der Waals surface area contributed by atoms with Crippen molar-refractivity contribution in [2.24, 2.45) is 0 Å². The lowest BCUT2D eigenvalue weighted by atomic mass is 9.97. The van der Waals surface area contributed by atoms with Crippen LogP contribution < -0.4 is 5.32 Å². The van der Waals surface area contributed by atoms with Crippen molar-refractivity contribution in [3.05, 3.63) is 109 Å². The molecule has 2 aliphatic heterocycles. The van der Waals surface area contributed by atoms with E-state index in [0.717, 1.165) is 89.9 Å². The Labute approximate surface area is 591 Å². The van der Waals surface area contributed by atoms with Crippen LogP contribution in [0.15, 0.2) is 109 Å². The molecule has 0 spiro atoms. The number of hydrogen-bond acceptors (Lipinski definition) is 13. The Morgan fingerprint density at radius 1 is 0.381 bits per heavy atom. The van der Waals surface area contributed by atoms with Crippen LogP contribution in [-0.2, 0) is 23.7 Å². The molecule has 2 heterocycles. The molecule has 97 heavy (non-hydrogen) atoms. The van der Waals surface area contributed by atoms with Crippen LogP contribution in [0.2, 0.25) is 0 Å². The first-order chi connectivity index (χ1) is 47.6. The van der Waals surface area contributed by atoms with E-state index in [1.165, 1.54) is 193 Å². The number of nitrogens with one attached hydrogen (secondary N) is 1. The standard InChI is InChI=1S/C83H145NO13/c1-3-5-7-9-11-13-15-17-19-21-23-25-27-29-31-33-35-37-38-40-42-44-46-48-50-52-54-56-58-60-62-64-66-72(87)71(70-94-82-80(93)78(91)81(74(69-86)96-82)97-83-79(92)77(90)76(89)73(68-85)95-83)84-75(88)67-65-63-61-59-57-55-53-51-49-47-45-43-41-39-36-34-32-30-28-26-24-22-20-18-16-14-12-10-8-6-4-2/h6,8,12,14,18,20,24,26,30,32,36,39,48,50,56,58,64,66,71-74,76-83,85-87,89-93H,3-5,7,9-11,13,15-17,19,21-23,25,27-29,31,33-35,37-38,40-47,49,51-55,57,59-63,65,67-70H2,1-2H3,(H,84,88)/b8-6-,14-12-,20-18-,26-24-,32-30-,39-36-,50-48+,58-56+,66-64+. The van der Waals surface area contributed by atoms with Gasteiger partial charge in [-0.3, -0.25) is 4.79 Å². The van der Waals surface area contributed by atoms with Crippen LogP contribution in [-0.4, -0.2) is 140 Å². The summed E-state index contributed by atoms with van der Waals surface area (Å²) in [5, 5.41) is 87.6. The number of allylic oxidation sites excluding steroid dienone is 17. The molecule has 0 aliphatic carbocycles. The number of rotatable bonds is 65. The van der Waals surface area contributed by atoms with Crippen molar-refractivity contribution in [2.75, 3.05) is 19.8 Å². The minimum absolute atomic E-state index is 0.257. The molecule has 2 aliphatic rings. The third kappa shape index (κ3) is 49.0. The molecule has 560 valence electrons. The average Bonchev–Trinajstić information content (AvgIpc) is 0.794. The van der Waals surface area contributed by atoms with Crippen molar-refractivity contribution in [3.63, 3.8) is 0 Å². The molecule has 12 atom stereocenters. The van der Waals surface area contributed by atoms with Crippen molar-refractivity contribution in [3.8, 4) is 0 Å². The highest BCUT2D eigenvalue weighted by Crippen LogP contribution is 2.30. The lowest BCUT2D eigenvalue weighted by Gasteiger charge is -2.46. The zero-order valence-corrected chi connectivity index (χ0v) is 61.3. The van der Waals surface area contributed by atoms with Crippen LogP contribution in [0.5, 0.6) is 0 Å². The normalized spacial score (nSPS) is 22.7. The number of aliphatic hydroxyl groups excluding tert-OH is 8. The summed E-state index contributed by atoms with van der Waals surface area (Å²) in [6.45, 7) is 2.69. The molecule has 2 rings (SSSR count). The summed E-state index contributed by atoms with van der Waals surface area (Å²) in [4.78, 5) is 13.4. The number of hydrogen-bond donors (Lipinski definition) is 9. The Kier molecular flexibility index (Phi) is 61.0. The molecule has 0 bridgehead atoms. The molecule has 2 fully saturated rings. The van der Waals surface area contributed by atoms with E-state index in [1.54, 1.807) is 6.08 Å². The molecule has 0 aromatic rings. The first kappa shape index (κ1) is 89.7. The number of ether oxygens (including phenoxy) is 4. The number of carbonyl (C=O) groups is 1. The van der Waals surface area contributed by atoms with E-state index >= 15 is 0 Å². The van der Waals surface area contributed by atoms with Crippen LogP contribution in [0.25, 0.3) is 0 Å². The summed E-state index contributed by atoms with van der Waals surface area (Å²) in [7, 11) is 0. The molecule has 0 aromatic carbocycles. The van der Waals surface area contributed by atoms with Gasteiger partial charge in [-0.05, 0) is 96.3 Å². The van der Waals surface area contributed by atoms with Gasteiger partial charge in [0.15, 0.2) is 12.6 Å². The fraction of sp³-hybridized carbons (Fsp3) is 0.771. The molecule has 0 radical (unpaired) electrons. The Hall–Kier alpha value is -3.35. The number of unbranched alkanes of at least 4 members (excludes halogenated alkanes) is 36. The lowest BCUT2D eigenvalue weighted by molar-refractivity contribution is -0.359. The maximum absolute atomic E-state index is 13.4. The van der Waals surface area contributed by atoms with E-state index in [9.17, 15) is 45.6 Å². The first-order valence-corrected chi connectivity index (χ1v) is 39.6. The van der Waals surface area contributed by atoms with Gasteiger partial charge in [-0.25, -0.2) is 0 Å². The van der Waals surface area contributed by atoms with E-state index in [0.29, 0.717) is 12.8 Å². The average molecular weight is 1370 g/mol. The largest absolute Gasteiger partial charge is 0.394 e. The molecular formula is C83H145NO13. The van der Waals surface area contributed by atoms with Crippen molar-refractivity contribution < 1.29 is 64.6 Å². The van der Waals surface area contributed by atoms with Crippen LogP contribution in [0, 0.1) is 0 Å². The summed E-state index contributed by atoms with van der Waals surface area (Å²) in [5.74, 6) is -0.257. The summed E-state index contributed by atoms with van der Waals surface area (Å²) in [6.07, 6.45) is 78.8. The Morgan fingerprint density at radius 3 is 1.13 bits per heavy atom. The van der Waals surface area contributed by atoms with Gasteiger partial charge in [-0.1, -0.05) is 322 Å². The fourth-order valence-corrected chi connectivity index (χ4v) is 12.4. The minimum atomic E-state index is -1.80. The molecule has 14 nitrogen and oxygen atoms in total. The van der Waals surface area contributed by atoms with Gasteiger partial charge in [0.2, 0.25) is 5.91 Å². The highest BCUT2D eigenvalue weighted by Gasteiger charge is 2.51. The second-order valence-electron chi connectivity index (χ2n) is 27.4. The fourth-order valence-electron chi connectivity index (χ4n) is 12.4. The van der Waals surface area contributed by atoms with Gasteiger partial charge in [0.1, 0.15) is 48.8 Å². The predicted octanol–water partition coefficient (Wildman–Crippen LogP) is 17.9. The minimum Gasteiger partial charge on any atom is -0.394 e. The zero-order valence-electron chi connectivity index (χ0n) is 61.3. The topological polar surface area (TPSA) is 228 Å². The quantitative estimate of drug-likeness (QED) is 0.0204. The second kappa shape index (κ2) is 65.9. The highest BCUT2D eigenvalue weighted by atomic mass is 16.7. The number of aliphatic hydroxyl groups is 8. The molecule has 2 saturated heterocycles. The molecule has 14 heteroatoms. The van der Waals surface area contributed by atoms with Gasteiger partial charge < -0.3 is 65.1 Å². The van der Waals surface area contributed by atoms with Crippen molar-refractivity contribution in [1.82, 2.24) is 5.32 Å². The van der Waals surface area contributed by atoms with Gasteiger partial charge in [-0.2, -0.15) is 0 Å². The third-order valence-corrected chi connectivity index (χ3v) is 18.7. The number of amides is 1. The van der Waals surface area contributed by atoms with E-state index in [4.69, 9.17) is 18.9 Å². The smallest absolute Gasteiger partial charge is 0.220 e. The highest BCUT2D eigenvalue weighted by molar-refractivity contribution is 5.76. The Bertz CT molecular complexity index is 2050. The first-order valence-electron chi connectivity index (χ1n) is 39.6. The second-order valence-corrected chi connectivity index (χ2v) is 27.4. The third-order valence-electron chi connectivity index (χ3n) is 18.7. The van der Waals surface area contributed by atoms with E-state index in [1.807, 2.05) is 6.08 Å². The molecule has 0 saturated carbocycles. The van der Waals surface area contributed by atoms with Gasteiger partial charge in [-0.15, -0.1) is 0 Å². The van der Waals surface area contributed by atoms with Crippen LogP contribution >= 0.6 is 0 Å². The summed E-state index contributed by atoms with van der Waals surface area (Å²) >= 11 is 0. The lowest BCUT2D eigenvalue weighted by Crippen LogP contribution is -2.65. The molecule has 1 amide bonds. The monoisotopic (exact) mass is 1360 g/mol. The maximum Gasteiger partial charge on any atom is 0.220 e. The van der Waals surface area contributed by atoms with Crippen molar-refractivity contribution in [1.29, 1.82) is 0 Å². The molecule has 0 aromatic heterocycles. The van der Waals surface area contributed by atoms with Crippen molar-refractivity contribution in [2.45, 2.75) is 389 Å². The van der Waals surface area contributed by atoms with Gasteiger partial charge in [0.05, 0.1) is 32.0 Å². The van der Waals surface area contributed by atoms with Crippen LogP contribution in [0.3, 0.4) is 0 Å². The summed E-state index contributed by atoms with van der Waals surface area (Å²) < 4.78 is 22.9. The summed E-state index contributed by atoms with van der Waals surface area (Å²) in [5.41, 5.74) is 0. The zero-order chi connectivity index (χ0) is 70.1. The predicted molar refractivity (Wildman–Crippen MR) is 401 cm³/mol. The SMILES string of the molecule is CC/C=C\C/C=C\C/C=C\C/C=C\C/C=C\C/C=C\CCCCCCCCCCCCCCC(=O)NC(COC1OC(CO)C(OC2OC(CO)C(O)C(O)C2O)C(O)C1O)C(O)/C=C/CC/C=C/CC/C=C/CCCCCCCCCCCCCCCCCCCCCCCC. The van der Waals surface area contributed by atoms with Gasteiger partial charge >= 0.3 is 0 Å². The van der Waals surface area contributed by atoms with Crippen LogP contribution in [0.1, 0.15) is 316 Å². The van der Waals surface area contributed by atoms with Gasteiger partial charge in [0.25, 0.3) is 0 Å². The molecule has 12 unspecified atom stereocenters. The molecule has 9 N–H and O–H groups in total. The van der Waals surface area contributed by atoms with E-state index in [-0.39, 0.29) is 18.9 Å². The number of carbonyl (C=O) groups excluding carboxylic acids is 1. The van der Waals surface area contributed by atoms with E-state index in [2.05, 4.69) is 116 Å². The Balaban J connectivity index is 1.66. The van der Waals surface area contributed by atoms with Crippen molar-refractivity contribution >= 4 is 5.91 Å². The van der Waals surface area contributed by atoms with E-state index < -0.39 is 86.8 Å². The maximum atomic E-state index is 13.4.